The van der Waals surface area contributed by atoms with E-state index in [2.05, 4.69) is 20.8 Å². The number of piperazine rings is 1. The van der Waals surface area contributed by atoms with Crippen molar-refractivity contribution in [2.24, 2.45) is 0 Å². The number of oxazole rings is 1. The maximum absolute atomic E-state index is 12.8. The number of hydrogen-bond acceptors (Lipinski definition) is 5. The highest BCUT2D eigenvalue weighted by Gasteiger charge is 2.29. The molecular formula is C18H18BrN3O4S. The summed E-state index contributed by atoms with van der Waals surface area (Å²) < 4.78 is 34.7. The number of para-hydroxylation sites is 2. The van der Waals surface area contributed by atoms with Gasteiger partial charge < -0.3 is 4.42 Å². The summed E-state index contributed by atoms with van der Waals surface area (Å²) >= 11 is 3.32. The zero-order valence-corrected chi connectivity index (χ0v) is 16.8. The van der Waals surface area contributed by atoms with Gasteiger partial charge in [-0.1, -0.05) is 34.1 Å². The third kappa shape index (κ3) is 3.60. The van der Waals surface area contributed by atoms with Crippen molar-refractivity contribution in [3.63, 3.8) is 0 Å². The fourth-order valence-corrected chi connectivity index (χ4v) is 5.26. The van der Waals surface area contributed by atoms with Gasteiger partial charge in [-0.25, -0.2) is 13.2 Å². The van der Waals surface area contributed by atoms with Gasteiger partial charge in [0.2, 0.25) is 10.0 Å². The number of aromatic nitrogens is 1. The first kappa shape index (κ1) is 18.4. The summed E-state index contributed by atoms with van der Waals surface area (Å²) in [5.74, 6) is -0.402. The minimum absolute atomic E-state index is 0.280. The van der Waals surface area contributed by atoms with Gasteiger partial charge in [0.15, 0.2) is 5.58 Å². The lowest BCUT2D eigenvalue weighted by molar-refractivity contribution is 0.150. The van der Waals surface area contributed by atoms with E-state index in [4.69, 9.17) is 4.42 Å². The van der Waals surface area contributed by atoms with Crippen LogP contribution >= 0.6 is 15.9 Å². The number of sulfonamides is 1. The summed E-state index contributed by atoms with van der Waals surface area (Å²) in [6.07, 6.45) is 0. The fraction of sp³-hybridized carbons (Fsp3) is 0.278. The van der Waals surface area contributed by atoms with Crippen molar-refractivity contribution >= 4 is 37.1 Å². The highest BCUT2D eigenvalue weighted by atomic mass is 79.9. The van der Waals surface area contributed by atoms with E-state index < -0.39 is 15.8 Å². The van der Waals surface area contributed by atoms with Crippen LogP contribution in [-0.4, -0.2) is 48.4 Å². The number of fused-ring (bicyclic) bond motifs is 1. The Hall–Kier alpha value is -1.94. The largest absolute Gasteiger partial charge is 0.421 e. The molecular weight excluding hydrogens is 434 g/mol. The Morgan fingerprint density at radius 3 is 2.48 bits per heavy atom. The summed E-state index contributed by atoms with van der Waals surface area (Å²) in [5.41, 5.74) is 1.30. The molecule has 1 aliphatic rings. The standard InChI is InChI=1S/C18H18BrN3O4S/c19-14-4-3-5-15(12-14)27(24,25)21-10-8-20(9-11-21)13-22-16-6-1-2-7-17(16)26-18(22)23/h1-7,12H,8-11,13H2. The number of hydrogen-bond donors (Lipinski definition) is 0. The van der Waals surface area contributed by atoms with E-state index in [-0.39, 0.29) is 4.90 Å². The van der Waals surface area contributed by atoms with E-state index in [1.807, 2.05) is 18.2 Å². The molecule has 0 radical (unpaired) electrons. The molecule has 7 nitrogen and oxygen atoms in total. The number of nitrogens with zero attached hydrogens (tertiary/aromatic N) is 3. The van der Waals surface area contributed by atoms with Gasteiger partial charge in [0.05, 0.1) is 17.1 Å². The molecule has 0 amide bonds. The van der Waals surface area contributed by atoms with Gasteiger partial charge in [0, 0.05) is 30.7 Å². The minimum Gasteiger partial charge on any atom is -0.408 e. The molecule has 3 aromatic rings. The van der Waals surface area contributed by atoms with Crippen LogP contribution in [0, 0.1) is 0 Å². The Morgan fingerprint density at radius 1 is 1.00 bits per heavy atom. The van der Waals surface area contributed by atoms with Crippen molar-refractivity contribution in [1.82, 2.24) is 13.8 Å². The molecule has 1 aromatic heterocycles. The molecule has 0 bridgehead atoms. The van der Waals surface area contributed by atoms with E-state index in [9.17, 15) is 13.2 Å². The first-order chi connectivity index (χ1) is 12.9. The third-order valence-corrected chi connectivity index (χ3v) is 7.07. The van der Waals surface area contributed by atoms with Crippen LogP contribution in [0.25, 0.3) is 11.1 Å². The molecule has 1 saturated heterocycles. The zero-order chi connectivity index (χ0) is 19.0. The van der Waals surface area contributed by atoms with Crippen molar-refractivity contribution in [2.75, 3.05) is 26.2 Å². The first-order valence-electron chi connectivity index (χ1n) is 8.51. The van der Waals surface area contributed by atoms with Crippen LogP contribution in [0.4, 0.5) is 0 Å². The van der Waals surface area contributed by atoms with Gasteiger partial charge >= 0.3 is 5.76 Å². The van der Waals surface area contributed by atoms with E-state index in [0.29, 0.717) is 38.4 Å². The van der Waals surface area contributed by atoms with Crippen LogP contribution in [0.15, 0.2) is 67.1 Å². The second-order valence-electron chi connectivity index (χ2n) is 6.38. The van der Waals surface area contributed by atoms with Crippen LogP contribution in [-0.2, 0) is 16.7 Å². The quantitative estimate of drug-likeness (QED) is 0.608. The average Bonchev–Trinajstić information content (AvgIpc) is 2.98. The fourth-order valence-electron chi connectivity index (χ4n) is 3.24. The van der Waals surface area contributed by atoms with Gasteiger partial charge in [0.1, 0.15) is 0 Å². The normalized spacial score (nSPS) is 16.8. The lowest BCUT2D eigenvalue weighted by Crippen LogP contribution is -2.49. The van der Waals surface area contributed by atoms with E-state index in [1.165, 1.54) is 4.31 Å². The Balaban J connectivity index is 1.47. The SMILES string of the molecule is O=c1oc2ccccc2n1CN1CCN(S(=O)(=O)c2cccc(Br)c2)CC1. The Kier molecular flexibility index (Phi) is 4.94. The molecule has 27 heavy (non-hydrogen) atoms. The molecule has 0 atom stereocenters. The molecule has 1 aliphatic heterocycles. The Bertz CT molecular complexity index is 1130. The smallest absolute Gasteiger partial charge is 0.408 e. The van der Waals surface area contributed by atoms with Gasteiger partial charge in [-0.2, -0.15) is 4.31 Å². The van der Waals surface area contributed by atoms with Gasteiger partial charge in [-0.3, -0.25) is 9.47 Å². The molecule has 0 aliphatic carbocycles. The molecule has 2 aromatic carbocycles. The predicted molar refractivity (Wildman–Crippen MR) is 105 cm³/mol. The average molecular weight is 452 g/mol. The highest BCUT2D eigenvalue weighted by molar-refractivity contribution is 9.10. The maximum atomic E-state index is 12.8. The van der Waals surface area contributed by atoms with Crippen molar-refractivity contribution in [3.05, 3.63) is 63.6 Å². The molecule has 9 heteroatoms. The van der Waals surface area contributed by atoms with Gasteiger partial charge in [-0.15, -0.1) is 0 Å². The molecule has 2 heterocycles. The first-order valence-corrected chi connectivity index (χ1v) is 10.7. The lowest BCUT2D eigenvalue weighted by Gasteiger charge is -2.33. The molecule has 0 saturated carbocycles. The Labute approximate surface area is 165 Å². The highest BCUT2D eigenvalue weighted by Crippen LogP contribution is 2.21. The van der Waals surface area contributed by atoms with E-state index >= 15 is 0 Å². The van der Waals surface area contributed by atoms with Crippen molar-refractivity contribution in [3.8, 4) is 0 Å². The maximum Gasteiger partial charge on any atom is 0.421 e. The second-order valence-corrected chi connectivity index (χ2v) is 9.24. The summed E-state index contributed by atoms with van der Waals surface area (Å²) in [7, 11) is -3.52. The van der Waals surface area contributed by atoms with Crippen molar-refractivity contribution in [2.45, 2.75) is 11.6 Å². The van der Waals surface area contributed by atoms with Crippen molar-refractivity contribution < 1.29 is 12.8 Å². The Morgan fingerprint density at radius 2 is 1.74 bits per heavy atom. The van der Waals surface area contributed by atoms with E-state index in [0.717, 1.165) is 9.99 Å². The van der Waals surface area contributed by atoms with Crippen LogP contribution in [0.5, 0.6) is 0 Å². The number of rotatable bonds is 4. The topological polar surface area (TPSA) is 75.8 Å². The van der Waals surface area contributed by atoms with Gasteiger partial charge in [0.25, 0.3) is 0 Å². The molecule has 142 valence electrons. The second kappa shape index (κ2) is 7.23. The lowest BCUT2D eigenvalue weighted by atomic mass is 10.3. The summed E-state index contributed by atoms with van der Waals surface area (Å²) in [5, 5.41) is 0. The minimum atomic E-state index is -3.52. The van der Waals surface area contributed by atoms with E-state index in [1.54, 1.807) is 34.9 Å². The van der Waals surface area contributed by atoms with Crippen LogP contribution in [0.3, 0.4) is 0 Å². The third-order valence-electron chi connectivity index (χ3n) is 4.68. The molecule has 0 spiro atoms. The monoisotopic (exact) mass is 451 g/mol. The van der Waals surface area contributed by atoms with Gasteiger partial charge in [-0.05, 0) is 30.3 Å². The van der Waals surface area contributed by atoms with Crippen LogP contribution in [0.2, 0.25) is 0 Å². The molecule has 4 rings (SSSR count). The van der Waals surface area contributed by atoms with Crippen LogP contribution < -0.4 is 5.76 Å². The number of halogens is 1. The van der Waals surface area contributed by atoms with Crippen LogP contribution in [0.1, 0.15) is 0 Å². The number of benzene rings is 2. The molecule has 1 fully saturated rings. The predicted octanol–water partition coefficient (Wildman–Crippen LogP) is 2.32. The summed E-state index contributed by atoms with van der Waals surface area (Å²) in [6.45, 7) is 2.21. The summed E-state index contributed by atoms with van der Waals surface area (Å²) in [6, 6.07) is 14.0. The molecule has 0 N–H and O–H groups in total. The molecule has 0 unspecified atom stereocenters. The summed E-state index contributed by atoms with van der Waals surface area (Å²) in [4.78, 5) is 14.4. The van der Waals surface area contributed by atoms with Crippen molar-refractivity contribution in [1.29, 1.82) is 0 Å². The zero-order valence-electron chi connectivity index (χ0n) is 14.4.